The average molecular weight is 248 g/mol. The van der Waals surface area contributed by atoms with Gasteiger partial charge in [-0.25, -0.2) is 4.79 Å². The average Bonchev–Trinajstić information content (AvgIpc) is 2.73. The Labute approximate surface area is 99.3 Å². The zero-order valence-electron chi connectivity index (χ0n) is 9.92. The van der Waals surface area contributed by atoms with E-state index in [0.29, 0.717) is 12.6 Å². The third-order valence-corrected chi connectivity index (χ3v) is 3.48. The highest BCUT2D eigenvalue weighted by atomic mass is 19.3. The van der Waals surface area contributed by atoms with Gasteiger partial charge >= 0.3 is 11.9 Å². The van der Waals surface area contributed by atoms with Crippen LogP contribution >= 0.6 is 0 Å². The Kier molecular flexibility index (Phi) is 3.63. The van der Waals surface area contributed by atoms with Gasteiger partial charge in [0, 0.05) is 19.1 Å². The van der Waals surface area contributed by atoms with Crippen LogP contribution in [0.3, 0.4) is 0 Å². The zero-order chi connectivity index (χ0) is 12.5. The van der Waals surface area contributed by atoms with Crippen LogP contribution in [0.4, 0.5) is 8.78 Å². The Hall–Kier alpha value is -0.750. The number of ether oxygens (including phenoxy) is 1. The van der Waals surface area contributed by atoms with Gasteiger partial charge in [-0.05, 0) is 26.4 Å². The molecule has 0 saturated carbocycles. The van der Waals surface area contributed by atoms with Crippen LogP contribution in [0.2, 0.25) is 0 Å². The van der Waals surface area contributed by atoms with Crippen LogP contribution < -0.4 is 5.32 Å². The first-order chi connectivity index (χ1) is 7.99. The minimum Gasteiger partial charge on any atom is -0.456 e. The lowest BCUT2D eigenvalue weighted by Crippen LogP contribution is -2.38. The first kappa shape index (κ1) is 12.7. The van der Waals surface area contributed by atoms with Crippen LogP contribution in [0.25, 0.3) is 0 Å². The van der Waals surface area contributed by atoms with E-state index in [9.17, 15) is 13.6 Å². The van der Waals surface area contributed by atoms with Gasteiger partial charge in [0.1, 0.15) is 6.10 Å². The smallest absolute Gasteiger partial charge is 0.377 e. The molecule has 0 radical (unpaired) electrons. The second kappa shape index (κ2) is 4.86. The second-order valence-electron chi connectivity index (χ2n) is 4.87. The fourth-order valence-corrected chi connectivity index (χ4v) is 2.41. The van der Waals surface area contributed by atoms with Crippen molar-refractivity contribution in [1.29, 1.82) is 0 Å². The number of hydrogen-bond donors (Lipinski definition) is 1. The normalized spacial score (nSPS) is 33.0. The molecule has 0 aromatic rings. The number of hydrogen-bond acceptors (Lipinski definition) is 4. The molecule has 98 valence electrons. The molecule has 0 amide bonds. The van der Waals surface area contributed by atoms with E-state index >= 15 is 0 Å². The van der Waals surface area contributed by atoms with Gasteiger partial charge in [-0.2, -0.15) is 8.78 Å². The Morgan fingerprint density at radius 2 is 2.29 bits per heavy atom. The molecule has 2 aliphatic heterocycles. The Bertz CT molecular complexity index is 299. The lowest BCUT2D eigenvalue weighted by atomic mass is 10.2. The van der Waals surface area contributed by atoms with Gasteiger partial charge in [-0.3, -0.25) is 0 Å². The molecule has 0 aromatic carbocycles. The van der Waals surface area contributed by atoms with Crippen molar-refractivity contribution < 1.29 is 18.3 Å². The first-order valence-corrected chi connectivity index (χ1v) is 5.99. The molecule has 0 aliphatic carbocycles. The number of carbonyl (C=O) groups excluding carboxylic acids is 1. The molecular weight excluding hydrogens is 230 g/mol. The minimum absolute atomic E-state index is 0.311. The second-order valence-corrected chi connectivity index (χ2v) is 4.87. The van der Waals surface area contributed by atoms with E-state index in [2.05, 4.69) is 22.0 Å². The van der Waals surface area contributed by atoms with Gasteiger partial charge in [0.05, 0.1) is 6.42 Å². The predicted molar refractivity (Wildman–Crippen MR) is 58.0 cm³/mol. The lowest BCUT2D eigenvalue weighted by molar-refractivity contribution is -0.159. The maximum Gasteiger partial charge on any atom is 0.377 e. The maximum atomic E-state index is 12.9. The molecule has 2 saturated heterocycles. The third-order valence-electron chi connectivity index (χ3n) is 3.48. The Morgan fingerprint density at radius 1 is 1.53 bits per heavy atom. The van der Waals surface area contributed by atoms with E-state index < -0.39 is 24.4 Å². The number of cyclic esters (lactones) is 1. The molecule has 6 heteroatoms. The maximum absolute atomic E-state index is 12.9. The topological polar surface area (TPSA) is 41.6 Å². The van der Waals surface area contributed by atoms with Gasteiger partial charge in [0.15, 0.2) is 0 Å². The van der Waals surface area contributed by atoms with Crippen LogP contribution in [-0.2, 0) is 9.53 Å². The lowest BCUT2D eigenvalue weighted by Gasteiger charge is -2.20. The van der Waals surface area contributed by atoms with E-state index in [-0.39, 0.29) is 0 Å². The molecule has 2 unspecified atom stereocenters. The molecular formula is C11H18F2N2O2. The molecule has 2 fully saturated rings. The van der Waals surface area contributed by atoms with Gasteiger partial charge < -0.3 is 15.0 Å². The summed E-state index contributed by atoms with van der Waals surface area (Å²) in [4.78, 5) is 13.0. The largest absolute Gasteiger partial charge is 0.456 e. The summed E-state index contributed by atoms with van der Waals surface area (Å²) < 4.78 is 30.3. The monoisotopic (exact) mass is 248 g/mol. The molecule has 17 heavy (non-hydrogen) atoms. The summed E-state index contributed by atoms with van der Waals surface area (Å²) in [7, 11) is 2.06. The highest BCUT2D eigenvalue weighted by Gasteiger charge is 2.50. The van der Waals surface area contributed by atoms with Crippen LogP contribution in [0.1, 0.15) is 19.3 Å². The summed E-state index contributed by atoms with van der Waals surface area (Å²) in [5, 5.41) is 3.11. The summed E-state index contributed by atoms with van der Waals surface area (Å²) in [6, 6.07) is 0.465. The van der Waals surface area contributed by atoms with Crippen LogP contribution in [-0.4, -0.2) is 55.6 Å². The number of nitrogens with one attached hydrogen (secondary N) is 1. The fourth-order valence-electron chi connectivity index (χ4n) is 2.41. The number of nitrogens with zero attached hydrogens (tertiary/aromatic N) is 1. The van der Waals surface area contributed by atoms with Gasteiger partial charge in [0.25, 0.3) is 0 Å². The van der Waals surface area contributed by atoms with E-state index in [4.69, 9.17) is 0 Å². The van der Waals surface area contributed by atoms with Crippen molar-refractivity contribution in [1.82, 2.24) is 10.2 Å². The van der Waals surface area contributed by atoms with Crippen LogP contribution in [0, 0.1) is 0 Å². The fraction of sp³-hybridized carbons (Fsp3) is 0.909. The van der Waals surface area contributed by atoms with Crippen LogP contribution in [0.5, 0.6) is 0 Å². The SMILES string of the molecule is CN1CCCC1CNCC1CC(F)(F)C(=O)O1. The summed E-state index contributed by atoms with van der Waals surface area (Å²) >= 11 is 0. The highest BCUT2D eigenvalue weighted by molar-refractivity contribution is 5.79. The molecule has 4 nitrogen and oxygen atoms in total. The quantitative estimate of drug-likeness (QED) is 0.741. The molecule has 0 bridgehead atoms. The molecule has 2 rings (SSSR count). The zero-order valence-corrected chi connectivity index (χ0v) is 9.92. The molecule has 0 aromatic heterocycles. The highest BCUT2D eigenvalue weighted by Crippen LogP contribution is 2.30. The minimum atomic E-state index is -3.30. The summed E-state index contributed by atoms with van der Waals surface area (Å²) in [5.74, 6) is -4.68. The van der Waals surface area contributed by atoms with Crippen molar-refractivity contribution in [3.63, 3.8) is 0 Å². The number of carbonyl (C=O) groups is 1. The number of rotatable bonds is 4. The van der Waals surface area contributed by atoms with Crippen LogP contribution in [0.15, 0.2) is 0 Å². The van der Waals surface area contributed by atoms with Crippen molar-refractivity contribution >= 4 is 5.97 Å². The summed E-state index contributed by atoms with van der Waals surface area (Å²) in [5.41, 5.74) is 0. The number of likely N-dealkylation sites (N-methyl/N-ethyl adjacent to an activating group) is 1. The third kappa shape index (κ3) is 2.93. The van der Waals surface area contributed by atoms with E-state index in [1.807, 2.05) is 0 Å². The number of halogens is 2. The van der Waals surface area contributed by atoms with E-state index in [0.717, 1.165) is 19.5 Å². The first-order valence-electron chi connectivity index (χ1n) is 5.99. The standard InChI is InChI=1S/C11H18F2N2O2/c1-15-4-2-3-8(15)6-14-7-9-5-11(12,13)10(16)17-9/h8-9,14H,2-7H2,1H3. The number of esters is 1. The Balaban J connectivity index is 1.68. The summed E-state index contributed by atoms with van der Waals surface area (Å²) in [6.45, 7) is 2.16. The molecule has 1 N–H and O–H groups in total. The molecule has 2 atom stereocenters. The Morgan fingerprint density at radius 3 is 2.82 bits per heavy atom. The van der Waals surface area contributed by atoms with E-state index in [1.54, 1.807) is 0 Å². The van der Waals surface area contributed by atoms with Crippen molar-refractivity contribution in [2.75, 3.05) is 26.7 Å². The predicted octanol–water partition coefficient (Wildman–Crippen LogP) is 0.621. The van der Waals surface area contributed by atoms with Gasteiger partial charge in [0.2, 0.25) is 0 Å². The van der Waals surface area contributed by atoms with Gasteiger partial charge in [-0.1, -0.05) is 0 Å². The van der Waals surface area contributed by atoms with E-state index in [1.165, 1.54) is 6.42 Å². The molecule has 2 heterocycles. The number of likely N-dealkylation sites (tertiary alicyclic amines) is 1. The summed E-state index contributed by atoms with van der Waals surface area (Å²) in [6.07, 6.45) is 1.12. The van der Waals surface area contributed by atoms with Crippen molar-refractivity contribution in [3.8, 4) is 0 Å². The van der Waals surface area contributed by atoms with Gasteiger partial charge in [-0.15, -0.1) is 0 Å². The van der Waals surface area contributed by atoms with Crippen molar-refractivity contribution in [3.05, 3.63) is 0 Å². The number of alkyl halides is 2. The van der Waals surface area contributed by atoms with Crippen molar-refractivity contribution in [2.45, 2.75) is 37.3 Å². The molecule has 2 aliphatic rings. The molecule has 0 spiro atoms. The van der Waals surface area contributed by atoms with Crippen molar-refractivity contribution in [2.24, 2.45) is 0 Å².